The van der Waals surface area contributed by atoms with Crippen molar-refractivity contribution in [2.24, 2.45) is 5.84 Å². The lowest BCUT2D eigenvalue weighted by molar-refractivity contribution is 0.286. The van der Waals surface area contributed by atoms with Gasteiger partial charge in [0.2, 0.25) is 0 Å². The number of hydrazine groups is 1. The van der Waals surface area contributed by atoms with E-state index in [-0.39, 0.29) is 5.83 Å². The Labute approximate surface area is 113 Å². The Bertz CT molecular complexity index is 496. The van der Waals surface area contributed by atoms with Gasteiger partial charge in [-0.1, -0.05) is 24.8 Å². The molecule has 102 valence electrons. The van der Waals surface area contributed by atoms with Crippen LogP contribution in [0.25, 0.3) is 0 Å². The van der Waals surface area contributed by atoms with Gasteiger partial charge in [-0.2, -0.15) is 0 Å². The van der Waals surface area contributed by atoms with E-state index in [0.29, 0.717) is 23.6 Å². The second-order valence-electron chi connectivity index (χ2n) is 4.15. The molecular weight excluding hydrogens is 243 g/mol. The van der Waals surface area contributed by atoms with Crippen LogP contribution in [0, 0.1) is 0 Å². The van der Waals surface area contributed by atoms with E-state index in [1.807, 2.05) is 13.0 Å². The van der Waals surface area contributed by atoms with Crippen LogP contribution in [0.15, 0.2) is 71.7 Å². The normalized spacial score (nSPS) is 16.4. The Balaban J connectivity index is 2.79. The van der Waals surface area contributed by atoms with Crippen LogP contribution in [-0.2, 0) is 4.74 Å². The maximum Gasteiger partial charge on any atom is 0.161 e. The predicted molar refractivity (Wildman–Crippen MR) is 76.1 cm³/mol. The molecule has 0 spiro atoms. The Morgan fingerprint density at radius 1 is 1.42 bits per heavy atom. The van der Waals surface area contributed by atoms with Gasteiger partial charge in [-0.05, 0) is 37.6 Å². The highest BCUT2D eigenvalue weighted by atomic mass is 19.1. The molecule has 1 aliphatic rings. The first-order chi connectivity index (χ1) is 9.04. The van der Waals surface area contributed by atoms with Gasteiger partial charge in [0.1, 0.15) is 11.5 Å². The summed E-state index contributed by atoms with van der Waals surface area (Å²) in [6.45, 7) is 7.36. The third-order valence-electron chi connectivity index (χ3n) is 2.44. The Morgan fingerprint density at radius 3 is 2.79 bits per heavy atom. The van der Waals surface area contributed by atoms with Gasteiger partial charge in [0.15, 0.2) is 5.83 Å². The van der Waals surface area contributed by atoms with E-state index >= 15 is 0 Å². The molecule has 4 heteroatoms. The van der Waals surface area contributed by atoms with Gasteiger partial charge in [-0.3, -0.25) is 5.84 Å². The standard InChI is InChI=1S/C15H19FN2O/c1-11(2)14(18-17)10-9-12(3)19-15-8-6-4-5-7-13(15)16/h4-7,9-10,18H,1,8,17H2,2-3H3/b12-9+,14-10+. The molecule has 0 bridgehead atoms. The van der Waals surface area contributed by atoms with Crippen molar-refractivity contribution in [1.29, 1.82) is 0 Å². The third kappa shape index (κ3) is 4.97. The zero-order chi connectivity index (χ0) is 14.3. The molecule has 0 aromatic carbocycles. The van der Waals surface area contributed by atoms with E-state index in [2.05, 4.69) is 12.0 Å². The third-order valence-corrected chi connectivity index (χ3v) is 2.44. The number of allylic oxidation sites excluding steroid dienone is 9. The second-order valence-corrected chi connectivity index (χ2v) is 4.15. The minimum atomic E-state index is -0.362. The van der Waals surface area contributed by atoms with Crippen molar-refractivity contribution in [2.75, 3.05) is 0 Å². The SMILES string of the molecule is C=C(C)/C(=C\C=C(/C)OC1=C(F)C=CC=CC1)NN. The largest absolute Gasteiger partial charge is 0.463 e. The highest BCUT2D eigenvalue weighted by Crippen LogP contribution is 2.20. The average Bonchev–Trinajstić information content (AvgIpc) is 2.55. The molecule has 1 rings (SSSR count). The van der Waals surface area contributed by atoms with Gasteiger partial charge >= 0.3 is 0 Å². The Morgan fingerprint density at radius 2 is 2.16 bits per heavy atom. The topological polar surface area (TPSA) is 47.3 Å². The van der Waals surface area contributed by atoms with E-state index in [1.54, 1.807) is 31.2 Å². The lowest BCUT2D eigenvalue weighted by atomic mass is 10.2. The molecule has 3 N–H and O–H groups in total. The maximum absolute atomic E-state index is 13.6. The summed E-state index contributed by atoms with van der Waals surface area (Å²) in [5.74, 6) is 5.86. The molecule has 0 saturated carbocycles. The second kappa shape index (κ2) is 7.38. The van der Waals surface area contributed by atoms with Gasteiger partial charge in [0.25, 0.3) is 0 Å². The Kier molecular flexibility index (Phi) is 5.82. The van der Waals surface area contributed by atoms with Crippen LogP contribution >= 0.6 is 0 Å². The number of hydrogen-bond donors (Lipinski definition) is 2. The van der Waals surface area contributed by atoms with Gasteiger partial charge < -0.3 is 10.2 Å². The fourth-order valence-corrected chi connectivity index (χ4v) is 1.42. The molecule has 0 saturated heterocycles. The highest BCUT2D eigenvalue weighted by Gasteiger charge is 2.06. The number of hydrogen-bond acceptors (Lipinski definition) is 3. The quantitative estimate of drug-likeness (QED) is 0.345. The van der Waals surface area contributed by atoms with Crippen molar-refractivity contribution >= 4 is 0 Å². The van der Waals surface area contributed by atoms with E-state index < -0.39 is 0 Å². The van der Waals surface area contributed by atoms with Crippen molar-refractivity contribution in [3.8, 4) is 0 Å². The molecule has 0 fully saturated rings. The van der Waals surface area contributed by atoms with E-state index in [4.69, 9.17) is 10.6 Å². The fourth-order valence-electron chi connectivity index (χ4n) is 1.42. The molecule has 19 heavy (non-hydrogen) atoms. The molecule has 0 aromatic heterocycles. The van der Waals surface area contributed by atoms with Crippen LogP contribution in [0.1, 0.15) is 20.3 Å². The van der Waals surface area contributed by atoms with Crippen molar-refractivity contribution in [3.05, 3.63) is 71.7 Å². The monoisotopic (exact) mass is 262 g/mol. The van der Waals surface area contributed by atoms with Gasteiger partial charge in [-0.15, -0.1) is 0 Å². The van der Waals surface area contributed by atoms with Crippen LogP contribution in [0.3, 0.4) is 0 Å². The molecular formula is C15H19FN2O. The average molecular weight is 262 g/mol. The first kappa shape index (κ1) is 15.0. The number of nitrogens with two attached hydrogens (primary N) is 1. The van der Waals surface area contributed by atoms with Crippen molar-refractivity contribution in [3.63, 3.8) is 0 Å². The van der Waals surface area contributed by atoms with Crippen molar-refractivity contribution < 1.29 is 9.13 Å². The van der Waals surface area contributed by atoms with E-state index in [0.717, 1.165) is 5.57 Å². The van der Waals surface area contributed by atoms with Crippen LogP contribution in [0.4, 0.5) is 4.39 Å². The summed E-state index contributed by atoms with van der Waals surface area (Å²) >= 11 is 0. The van der Waals surface area contributed by atoms with E-state index in [9.17, 15) is 4.39 Å². The predicted octanol–water partition coefficient (Wildman–Crippen LogP) is 3.53. The molecule has 0 aliphatic heterocycles. The first-order valence-electron chi connectivity index (χ1n) is 5.95. The first-order valence-corrected chi connectivity index (χ1v) is 5.95. The van der Waals surface area contributed by atoms with Crippen LogP contribution in [0.5, 0.6) is 0 Å². The lowest BCUT2D eigenvalue weighted by Crippen LogP contribution is -2.21. The Hall–Kier alpha value is -2.07. The molecule has 0 unspecified atom stereocenters. The van der Waals surface area contributed by atoms with Gasteiger partial charge in [-0.25, -0.2) is 4.39 Å². The highest BCUT2D eigenvalue weighted by molar-refractivity contribution is 5.29. The summed E-state index contributed by atoms with van der Waals surface area (Å²) in [5.41, 5.74) is 4.03. The molecule has 0 atom stereocenters. The van der Waals surface area contributed by atoms with Crippen LogP contribution in [-0.4, -0.2) is 0 Å². The zero-order valence-electron chi connectivity index (χ0n) is 11.2. The fraction of sp³-hybridized carbons (Fsp3) is 0.200. The molecule has 0 radical (unpaired) electrons. The smallest absolute Gasteiger partial charge is 0.161 e. The molecule has 3 nitrogen and oxygen atoms in total. The summed E-state index contributed by atoms with van der Waals surface area (Å²) < 4.78 is 19.1. The molecule has 0 amide bonds. The summed E-state index contributed by atoms with van der Waals surface area (Å²) in [6, 6.07) is 0. The molecule has 1 aliphatic carbocycles. The number of halogens is 1. The zero-order valence-corrected chi connectivity index (χ0v) is 11.2. The van der Waals surface area contributed by atoms with Crippen LogP contribution < -0.4 is 11.3 Å². The van der Waals surface area contributed by atoms with Crippen molar-refractivity contribution in [2.45, 2.75) is 20.3 Å². The minimum Gasteiger partial charge on any atom is -0.463 e. The van der Waals surface area contributed by atoms with Gasteiger partial charge in [0.05, 0.1) is 5.70 Å². The molecule has 0 aromatic rings. The van der Waals surface area contributed by atoms with Crippen molar-refractivity contribution in [1.82, 2.24) is 5.43 Å². The number of nitrogens with one attached hydrogen (secondary N) is 1. The number of rotatable bonds is 5. The summed E-state index contributed by atoms with van der Waals surface area (Å²) in [4.78, 5) is 0. The lowest BCUT2D eigenvalue weighted by Gasteiger charge is -2.09. The maximum atomic E-state index is 13.6. The van der Waals surface area contributed by atoms with E-state index in [1.165, 1.54) is 6.08 Å². The minimum absolute atomic E-state index is 0.296. The summed E-state index contributed by atoms with van der Waals surface area (Å²) in [5, 5.41) is 0. The number of ether oxygens (including phenoxy) is 1. The van der Waals surface area contributed by atoms with Gasteiger partial charge in [0, 0.05) is 6.42 Å². The summed E-state index contributed by atoms with van der Waals surface area (Å²) in [6.07, 6.45) is 10.5. The molecule has 0 heterocycles. The van der Waals surface area contributed by atoms with Crippen LogP contribution in [0.2, 0.25) is 0 Å². The summed E-state index contributed by atoms with van der Waals surface area (Å²) in [7, 11) is 0.